The molecule has 0 aliphatic carbocycles. The molecule has 0 aliphatic rings. The van der Waals surface area contributed by atoms with Gasteiger partial charge in [0.25, 0.3) is 0 Å². The van der Waals surface area contributed by atoms with Crippen LogP contribution in [0.2, 0.25) is 0 Å². The number of hydrogen-bond acceptors (Lipinski definition) is 5. The maximum Gasteiger partial charge on any atom is 0.331 e. The van der Waals surface area contributed by atoms with Crippen LogP contribution in [0.25, 0.3) is 0 Å². The molecule has 1 amide bonds. The van der Waals surface area contributed by atoms with Gasteiger partial charge in [-0.1, -0.05) is 0 Å². The van der Waals surface area contributed by atoms with E-state index in [-0.39, 0.29) is 24.7 Å². The quantitative estimate of drug-likeness (QED) is 0.555. The van der Waals surface area contributed by atoms with Crippen molar-refractivity contribution >= 4 is 17.8 Å². The van der Waals surface area contributed by atoms with Gasteiger partial charge in [-0.25, -0.2) is 9.59 Å². The van der Waals surface area contributed by atoms with Gasteiger partial charge in [0.2, 0.25) is 5.91 Å². The monoisotopic (exact) mass is 257 g/mol. The summed E-state index contributed by atoms with van der Waals surface area (Å²) in [6, 6.07) is -0.275. The minimum Gasteiger partial charge on any atom is -0.460 e. The molecule has 0 aliphatic heterocycles. The molecule has 1 atom stereocenters. The van der Waals surface area contributed by atoms with Crippen molar-refractivity contribution in [2.45, 2.75) is 39.8 Å². The summed E-state index contributed by atoms with van der Waals surface area (Å²) in [5.74, 6) is -1.46. The predicted octanol–water partition coefficient (Wildman–Crippen LogP) is 0.562. The molecule has 102 valence electrons. The second kappa shape index (κ2) is 8.27. The molecule has 0 aromatic carbocycles. The third-order valence-electron chi connectivity index (χ3n) is 1.63. The maximum atomic E-state index is 11.2. The molecule has 0 bridgehead atoms. The zero-order chi connectivity index (χ0) is 14.1. The highest BCUT2D eigenvalue weighted by molar-refractivity contribution is 5.91. The number of hydrogen-bond donors (Lipinski definition) is 1. The van der Waals surface area contributed by atoms with Crippen molar-refractivity contribution in [3.8, 4) is 0 Å². The van der Waals surface area contributed by atoms with E-state index in [1.807, 2.05) is 0 Å². The van der Waals surface area contributed by atoms with Gasteiger partial charge in [0.1, 0.15) is 6.61 Å². The first kappa shape index (κ1) is 16.1. The van der Waals surface area contributed by atoms with E-state index in [9.17, 15) is 14.4 Å². The van der Waals surface area contributed by atoms with Crippen molar-refractivity contribution in [2.24, 2.45) is 0 Å². The lowest BCUT2D eigenvalue weighted by Gasteiger charge is -2.11. The summed E-state index contributed by atoms with van der Waals surface area (Å²) < 4.78 is 9.60. The summed E-state index contributed by atoms with van der Waals surface area (Å²) in [6.07, 6.45) is 1.76. The van der Waals surface area contributed by atoms with Gasteiger partial charge in [0.15, 0.2) is 0 Å². The van der Waals surface area contributed by atoms with Gasteiger partial charge in [-0.2, -0.15) is 0 Å². The molecule has 6 nitrogen and oxygen atoms in total. The van der Waals surface area contributed by atoms with E-state index in [0.717, 1.165) is 12.2 Å². The van der Waals surface area contributed by atoms with E-state index < -0.39 is 11.9 Å². The maximum absolute atomic E-state index is 11.2. The average Bonchev–Trinajstić information content (AvgIpc) is 2.21. The van der Waals surface area contributed by atoms with E-state index >= 15 is 0 Å². The number of nitrogens with one attached hydrogen (secondary N) is 1. The number of amides is 1. The van der Waals surface area contributed by atoms with E-state index in [0.29, 0.717) is 0 Å². The van der Waals surface area contributed by atoms with Gasteiger partial charge in [-0.15, -0.1) is 0 Å². The van der Waals surface area contributed by atoms with E-state index in [2.05, 4.69) is 5.32 Å². The van der Waals surface area contributed by atoms with Crippen LogP contribution in [0.4, 0.5) is 0 Å². The third kappa shape index (κ3) is 9.38. The van der Waals surface area contributed by atoms with Crippen molar-refractivity contribution in [1.29, 1.82) is 0 Å². The Morgan fingerprint density at radius 2 is 1.67 bits per heavy atom. The summed E-state index contributed by atoms with van der Waals surface area (Å²) in [5, 5.41) is 2.56. The van der Waals surface area contributed by atoms with Gasteiger partial charge in [0.05, 0.1) is 12.1 Å². The Bertz CT molecular complexity index is 335. The van der Waals surface area contributed by atoms with Crippen molar-refractivity contribution in [3.05, 3.63) is 12.2 Å². The molecule has 0 rings (SSSR count). The molecule has 0 heterocycles. The molecular weight excluding hydrogens is 238 g/mol. The highest BCUT2D eigenvalue weighted by Gasteiger charge is 2.07. The second-order valence-electron chi connectivity index (χ2n) is 4.05. The van der Waals surface area contributed by atoms with Crippen molar-refractivity contribution in [2.75, 3.05) is 6.61 Å². The molecule has 18 heavy (non-hydrogen) atoms. The van der Waals surface area contributed by atoms with Crippen molar-refractivity contribution < 1.29 is 23.9 Å². The number of carbonyl (C=O) groups excluding carboxylic acids is 3. The first-order chi connectivity index (χ1) is 8.31. The molecule has 0 spiro atoms. The highest BCUT2D eigenvalue weighted by Crippen LogP contribution is 1.92. The van der Waals surface area contributed by atoms with Crippen LogP contribution in [0.3, 0.4) is 0 Å². The number of carbonyl (C=O) groups is 3. The molecule has 1 N–H and O–H groups in total. The Morgan fingerprint density at radius 3 is 2.17 bits per heavy atom. The van der Waals surface area contributed by atoms with Crippen molar-refractivity contribution in [3.63, 3.8) is 0 Å². The molecule has 0 aromatic heterocycles. The summed E-state index contributed by atoms with van der Waals surface area (Å²) in [7, 11) is 0. The van der Waals surface area contributed by atoms with Gasteiger partial charge in [0, 0.05) is 19.1 Å². The normalized spacial score (nSPS) is 12.3. The molecule has 0 aromatic rings. The molecule has 0 unspecified atom stereocenters. The minimum atomic E-state index is -0.659. The SMILES string of the molecule is CC(=O)N[C@@H](C)COC(=O)/C=C/C(=O)OC(C)C. The summed E-state index contributed by atoms with van der Waals surface area (Å²) >= 11 is 0. The van der Waals surface area contributed by atoms with E-state index in [1.54, 1.807) is 20.8 Å². The molecule has 0 radical (unpaired) electrons. The van der Waals surface area contributed by atoms with Crippen LogP contribution in [0, 0.1) is 0 Å². The molecule has 0 saturated heterocycles. The van der Waals surface area contributed by atoms with Crippen LogP contribution in [-0.2, 0) is 23.9 Å². The number of esters is 2. The average molecular weight is 257 g/mol. The summed E-state index contributed by atoms with van der Waals surface area (Å²) in [4.78, 5) is 33.0. The first-order valence-electron chi connectivity index (χ1n) is 5.63. The Balaban J connectivity index is 3.93. The Morgan fingerprint density at radius 1 is 1.11 bits per heavy atom. The Labute approximate surface area is 106 Å². The Hall–Kier alpha value is -1.85. The van der Waals surface area contributed by atoms with E-state index in [4.69, 9.17) is 9.47 Å². The zero-order valence-corrected chi connectivity index (χ0v) is 11.1. The highest BCUT2D eigenvalue weighted by atomic mass is 16.5. The van der Waals surface area contributed by atoms with Crippen LogP contribution in [0.5, 0.6) is 0 Å². The first-order valence-corrected chi connectivity index (χ1v) is 5.63. The van der Waals surface area contributed by atoms with Crippen molar-refractivity contribution in [1.82, 2.24) is 5.32 Å². The molecule has 6 heteroatoms. The molecule has 0 saturated carbocycles. The lowest BCUT2D eigenvalue weighted by atomic mass is 10.3. The standard InChI is InChI=1S/C12H19NO5/c1-8(2)18-12(16)6-5-11(15)17-7-9(3)13-10(4)14/h5-6,8-9H,7H2,1-4H3,(H,13,14)/b6-5+/t9-/m0/s1. The minimum absolute atomic E-state index is 0.0436. The van der Waals surface area contributed by atoms with Crippen LogP contribution in [0.15, 0.2) is 12.2 Å². The number of rotatable bonds is 6. The lowest BCUT2D eigenvalue weighted by Crippen LogP contribution is -2.34. The summed E-state index contributed by atoms with van der Waals surface area (Å²) in [5.41, 5.74) is 0. The van der Waals surface area contributed by atoms with Crippen LogP contribution in [0.1, 0.15) is 27.7 Å². The largest absolute Gasteiger partial charge is 0.460 e. The van der Waals surface area contributed by atoms with Gasteiger partial charge in [-0.3, -0.25) is 4.79 Å². The fraction of sp³-hybridized carbons (Fsp3) is 0.583. The van der Waals surface area contributed by atoms with Gasteiger partial charge < -0.3 is 14.8 Å². The third-order valence-corrected chi connectivity index (χ3v) is 1.63. The smallest absolute Gasteiger partial charge is 0.331 e. The number of ether oxygens (including phenoxy) is 2. The van der Waals surface area contributed by atoms with Crippen LogP contribution in [-0.4, -0.2) is 36.6 Å². The van der Waals surface area contributed by atoms with E-state index in [1.165, 1.54) is 6.92 Å². The predicted molar refractivity (Wildman–Crippen MR) is 64.6 cm³/mol. The van der Waals surface area contributed by atoms with Gasteiger partial charge in [-0.05, 0) is 20.8 Å². The van der Waals surface area contributed by atoms with Gasteiger partial charge >= 0.3 is 11.9 Å². The molecular formula is C12H19NO5. The zero-order valence-electron chi connectivity index (χ0n) is 11.1. The molecule has 0 fully saturated rings. The summed E-state index contributed by atoms with van der Waals surface area (Å²) in [6.45, 7) is 6.53. The van der Waals surface area contributed by atoms with Crippen LogP contribution < -0.4 is 5.32 Å². The van der Waals surface area contributed by atoms with Crippen LogP contribution >= 0.6 is 0 Å². The lowest BCUT2D eigenvalue weighted by molar-refractivity contribution is -0.143. The fourth-order valence-electron chi connectivity index (χ4n) is 1.05. The Kier molecular flexibility index (Phi) is 7.42. The fourth-order valence-corrected chi connectivity index (χ4v) is 1.05. The topological polar surface area (TPSA) is 81.7 Å². The second-order valence-corrected chi connectivity index (χ2v) is 4.05.